The highest BCUT2D eigenvalue weighted by molar-refractivity contribution is 7.92. The molecule has 27 heavy (non-hydrogen) atoms. The van der Waals surface area contributed by atoms with Crippen LogP contribution in [0.4, 0.5) is 11.4 Å². The molecular formula is C19H18N2O5S. The maximum Gasteiger partial charge on any atom is 0.273 e. The molecule has 0 spiro atoms. The minimum Gasteiger partial charge on any atom is -0.486 e. The van der Waals surface area contributed by atoms with Crippen molar-refractivity contribution in [1.82, 2.24) is 0 Å². The highest BCUT2D eigenvalue weighted by Crippen LogP contribution is 2.33. The lowest BCUT2D eigenvalue weighted by atomic mass is 10.1. The number of rotatable bonds is 6. The van der Waals surface area contributed by atoms with Crippen LogP contribution in [-0.2, 0) is 16.6 Å². The molecule has 0 amide bonds. The van der Waals surface area contributed by atoms with E-state index in [0.717, 1.165) is 26.9 Å². The molecule has 0 fully saturated rings. The van der Waals surface area contributed by atoms with Gasteiger partial charge in [-0.1, -0.05) is 36.4 Å². The topological polar surface area (TPSA) is 89.8 Å². The Morgan fingerprint density at radius 1 is 1.04 bits per heavy atom. The first-order valence-corrected chi connectivity index (χ1v) is 9.93. The van der Waals surface area contributed by atoms with E-state index < -0.39 is 14.9 Å². The van der Waals surface area contributed by atoms with Crippen molar-refractivity contribution in [3.8, 4) is 5.75 Å². The van der Waals surface area contributed by atoms with Crippen LogP contribution >= 0.6 is 0 Å². The first kappa shape index (κ1) is 18.7. The average molecular weight is 385 g/mol. The first-order chi connectivity index (χ1) is 12.8. The van der Waals surface area contributed by atoms with Crippen molar-refractivity contribution >= 4 is 32.2 Å². The number of non-ortho nitro benzene ring substituents is 1. The number of hydrogen-bond acceptors (Lipinski definition) is 5. The Labute approximate surface area is 157 Å². The van der Waals surface area contributed by atoms with E-state index in [2.05, 4.69) is 0 Å². The molecule has 0 radical (unpaired) electrons. The minimum atomic E-state index is -3.54. The molecule has 3 aromatic carbocycles. The van der Waals surface area contributed by atoms with Crippen LogP contribution in [0.25, 0.3) is 10.8 Å². The highest BCUT2D eigenvalue weighted by atomic mass is 32.2. The summed E-state index contributed by atoms with van der Waals surface area (Å²) in [6.07, 6.45) is 1.06. The molecule has 0 aliphatic heterocycles. The number of hydrogen-bond donors (Lipinski definition) is 0. The summed E-state index contributed by atoms with van der Waals surface area (Å²) in [5.41, 5.74) is 0.936. The van der Waals surface area contributed by atoms with E-state index in [1.807, 2.05) is 42.5 Å². The van der Waals surface area contributed by atoms with Crippen molar-refractivity contribution in [3.05, 3.63) is 76.3 Å². The van der Waals surface area contributed by atoms with Gasteiger partial charge < -0.3 is 4.74 Å². The van der Waals surface area contributed by atoms with Gasteiger partial charge in [-0.05, 0) is 28.5 Å². The summed E-state index contributed by atoms with van der Waals surface area (Å²) in [5.74, 6) is 0.130. The van der Waals surface area contributed by atoms with Gasteiger partial charge >= 0.3 is 0 Å². The standard InChI is InChI=1S/C19H18N2O5S/c1-20(27(2,24)25)18-10-9-17(21(22)23)12-19(18)26-13-14-7-8-15-5-3-4-6-16(15)11-14/h3-12H,13H2,1-2H3/i1-1. The fourth-order valence-corrected chi connectivity index (χ4v) is 3.17. The number of nitro groups is 1. The second kappa shape index (κ2) is 7.24. The van der Waals surface area contributed by atoms with Gasteiger partial charge in [0.2, 0.25) is 10.0 Å². The van der Waals surface area contributed by atoms with Gasteiger partial charge in [-0.15, -0.1) is 0 Å². The van der Waals surface area contributed by atoms with E-state index >= 15 is 0 Å². The fourth-order valence-electron chi connectivity index (χ4n) is 2.66. The molecule has 7 nitrogen and oxygen atoms in total. The first-order valence-electron chi connectivity index (χ1n) is 8.08. The predicted octanol–water partition coefficient (Wildman–Crippen LogP) is 3.72. The highest BCUT2D eigenvalue weighted by Gasteiger charge is 2.20. The second-order valence-electron chi connectivity index (χ2n) is 6.11. The lowest BCUT2D eigenvalue weighted by Gasteiger charge is -2.20. The Balaban J connectivity index is 1.93. The maximum absolute atomic E-state index is 11.9. The molecule has 0 saturated heterocycles. The number of sulfonamides is 1. The van der Waals surface area contributed by atoms with Crippen LogP contribution in [0.5, 0.6) is 5.75 Å². The summed E-state index contributed by atoms with van der Waals surface area (Å²) in [6.45, 7) is 0.149. The third-order valence-electron chi connectivity index (χ3n) is 4.20. The Morgan fingerprint density at radius 2 is 1.74 bits per heavy atom. The van der Waals surface area contributed by atoms with Crippen molar-refractivity contribution in [1.29, 1.82) is 0 Å². The summed E-state index contributed by atoms with van der Waals surface area (Å²) in [7, 11) is -2.17. The van der Waals surface area contributed by atoms with Crippen LogP contribution in [0.3, 0.4) is 0 Å². The van der Waals surface area contributed by atoms with Gasteiger partial charge in [0.25, 0.3) is 5.69 Å². The van der Waals surface area contributed by atoms with Gasteiger partial charge in [-0.25, -0.2) is 8.42 Å². The largest absolute Gasteiger partial charge is 0.486 e. The summed E-state index contributed by atoms with van der Waals surface area (Å²) in [6, 6.07) is 17.6. The molecule has 0 saturated carbocycles. The monoisotopic (exact) mass is 385 g/mol. The molecule has 0 unspecified atom stereocenters. The number of ether oxygens (including phenoxy) is 1. The summed E-state index contributed by atoms with van der Waals surface area (Å²) in [4.78, 5) is 10.5. The summed E-state index contributed by atoms with van der Waals surface area (Å²) >= 11 is 0. The van der Waals surface area contributed by atoms with Crippen molar-refractivity contribution < 1.29 is 18.1 Å². The van der Waals surface area contributed by atoms with E-state index in [9.17, 15) is 18.5 Å². The molecule has 0 aliphatic rings. The van der Waals surface area contributed by atoms with Gasteiger partial charge in [-0.2, -0.15) is 0 Å². The van der Waals surface area contributed by atoms with Crippen molar-refractivity contribution in [2.24, 2.45) is 0 Å². The molecule has 3 rings (SSSR count). The molecule has 0 aromatic heterocycles. The van der Waals surface area contributed by atoms with Crippen molar-refractivity contribution in [2.75, 3.05) is 17.6 Å². The van der Waals surface area contributed by atoms with Gasteiger partial charge in [0.15, 0.2) is 5.75 Å². The minimum absolute atomic E-state index is 0.130. The number of fused-ring (bicyclic) bond motifs is 1. The zero-order valence-corrected chi connectivity index (χ0v) is 15.6. The third kappa shape index (κ3) is 4.17. The van der Waals surface area contributed by atoms with Gasteiger partial charge in [0.1, 0.15) is 6.61 Å². The number of benzene rings is 3. The van der Waals surface area contributed by atoms with Crippen LogP contribution in [0.15, 0.2) is 60.7 Å². The molecule has 140 valence electrons. The van der Waals surface area contributed by atoms with E-state index in [4.69, 9.17) is 4.74 Å². The SMILES string of the molecule is CS(=O)(=O)N([11CH3])c1ccc([N+](=O)[O-])cc1OCc1ccc2ccccc2c1. The van der Waals surface area contributed by atoms with E-state index in [1.54, 1.807) is 0 Å². The van der Waals surface area contributed by atoms with Crippen LogP contribution in [0.2, 0.25) is 0 Å². The molecule has 0 N–H and O–H groups in total. The van der Waals surface area contributed by atoms with E-state index in [1.165, 1.54) is 25.2 Å². The molecule has 0 atom stereocenters. The van der Waals surface area contributed by atoms with Crippen molar-refractivity contribution in [2.45, 2.75) is 6.61 Å². The molecule has 0 heterocycles. The smallest absolute Gasteiger partial charge is 0.273 e. The zero-order chi connectivity index (χ0) is 19.6. The second-order valence-corrected chi connectivity index (χ2v) is 8.12. The number of nitro benzene ring substituents is 1. The molecule has 8 heteroatoms. The zero-order valence-electron chi connectivity index (χ0n) is 14.8. The quantitative estimate of drug-likeness (QED) is 0.476. The van der Waals surface area contributed by atoms with Gasteiger partial charge in [0.05, 0.1) is 22.9 Å². The Morgan fingerprint density at radius 3 is 2.41 bits per heavy atom. The predicted molar refractivity (Wildman–Crippen MR) is 105 cm³/mol. The normalized spacial score (nSPS) is 11.3. The van der Waals surface area contributed by atoms with Crippen LogP contribution in [0, 0.1) is 10.1 Å². The van der Waals surface area contributed by atoms with Crippen LogP contribution < -0.4 is 9.04 Å². The maximum atomic E-state index is 11.9. The van der Waals surface area contributed by atoms with Gasteiger partial charge in [0, 0.05) is 13.1 Å². The van der Waals surface area contributed by atoms with Crippen LogP contribution in [0.1, 0.15) is 5.56 Å². The fraction of sp³-hybridized carbons (Fsp3) is 0.158. The summed E-state index contributed by atoms with van der Waals surface area (Å²) < 4.78 is 30.5. The van der Waals surface area contributed by atoms with E-state index in [-0.39, 0.29) is 23.7 Å². The lowest BCUT2D eigenvalue weighted by molar-refractivity contribution is -0.384. The van der Waals surface area contributed by atoms with Gasteiger partial charge in [-0.3, -0.25) is 14.4 Å². The Hall–Kier alpha value is -3.13. The van der Waals surface area contributed by atoms with Crippen molar-refractivity contribution in [3.63, 3.8) is 0 Å². The lowest BCUT2D eigenvalue weighted by Crippen LogP contribution is -2.25. The molecule has 0 aliphatic carbocycles. The summed E-state index contributed by atoms with van der Waals surface area (Å²) in [5, 5.41) is 13.2. The average Bonchev–Trinajstić information content (AvgIpc) is 2.64. The molecule has 3 aromatic rings. The molecule has 0 bridgehead atoms. The number of anilines is 1. The Kier molecular flexibility index (Phi) is 5.00. The number of nitrogens with zero attached hydrogens (tertiary/aromatic N) is 2. The van der Waals surface area contributed by atoms with E-state index in [0.29, 0.717) is 0 Å². The Bertz CT molecular complexity index is 1110. The van der Waals surface area contributed by atoms with Crippen LogP contribution in [-0.4, -0.2) is 26.6 Å². The molecular weight excluding hydrogens is 367 g/mol. The third-order valence-corrected chi connectivity index (χ3v) is 5.39.